The first-order chi connectivity index (χ1) is 9.55. The number of hydrogen-bond donors (Lipinski definition) is 0. The molecule has 3 unspecified atom stereocenters. The van der Waals surface area contributed by atoms with Crippen LogP contribution in [0.2, 0.25) is 0 Å². The van der Waals surface area contributed by atoms with Gasteiger partial charge in [0.05, 0.1) is 28.6 Å². The lowest BCUT2D eigenvalue weighted by molar-refractivity contribution is -0.387. The molecule has 0 N–H and O–H groups in total. The summed E-state index contributed by atoms with van der Waals surface area (Å²) in [5, 5.41) is 20.2. The van der Waals surface area contributed by atoms with Crippen LogP contribution >= 0.6 is 0 Å². The summed E-state index contributed by atoms with van der Waals surface area (Å²) in [6, 6.07) is 6.37. The molecular formula is C14H13FN2O3. The third kappa shape index (κ3) is 1.86. The predicted octanol–water partition coefficient (Wildman–Crippen LogP) is 2.74. The van der Waals surface area contributed by atoms with Crippen LogP contribution in [0.25, 0.3) is 0 Å². The lowest BCUT2D eigenvalue weighted by Gasteiger charge is -2.28. The number of nitro groups is 1. The smallest absolute Gasteiger partial charge is 0.305 e. The maximum atomic E-state index is 14.1. The summed E-state index contributed by atoms with van der Waals surface area (Å²) < 4.78 is 19.8. The minimum Gasteiger partial charge on any atom is -0.373 e. The number of nitrogens with zero attached hydrogens (tertiary/aromatic N) is 2. The first-order valence-electron chi connectivity index (χ1n) is 6.54. The van der Waals surface area contributed by atoms with Crippen molar-refractivity contribution in [1.29, 1.82) is 5.26 Å². The minimum atomic E-state index is -0.838. The lowest BCUT2D eigenvalue weighted by atomic mass is 9.71. The highest BCUT2D eigenvalue weighted by atomic mass is 19.1. The largest absolute Gasteiger partial charge is 0.373 e. The molecule has 2 saturated heterocycles. The fraction of sp³-hybridized carbons (Fsp3) is 0.500. The molecule has 5 nitrogen and oxygen atoms in total. The van der Waals surface area contributed by atoms with Gasteiger partial charge < -0.3 is 4.74 Å². The zero-order valence-corrected chi connectivity index (χ0v) is 10.7. The molecule has 0 aliphatic carbocycles. The number of nitriles is 1. The van der Waals surface area contributed by atoms with Crippen molar-refractivity contribution in [2.24, 2.45) is 5.41 Å². The summed E-state index contributed by atoms with van der Waals surface area (Å²) in [6.45, 7) is 0. The van der Waals surface area contributed by atoms with Crippen LogP contribution in [0.1, 0.15) is 24.8 Å². The lowest BCUT2D eigenvalue weighted by Crippen LogP contribution is -2.33. The fourth-order valence-electron chi connectivity index (χ4n) is 3.33. The summed E-state index contributed by atoms with van der Waals surface area (Å²) >= 11 is 0. The van der Waals surface area contributed by atoms with Crippen LogP contribution in [-0.2, 0) is 11.2 Å². The van der Waals surface area contributed by atoms with Gasteiger partial charge in [-0.15, -0.1) is 0 Å². The van der Waals surface area contributed by atoms with E-state index in [1.807, 2.05) is 0 Å². The van der Waals surface area contributed by atoms with Crippen molar-refractivity contribution in [1.82, 2.24) is 0 Å². The molecule has 2 aliphatic rings. The van der Waals surface area contributed by atoms with Crippen molar-refractivity contribution in [2.45, 2.75) is 37.9 Å². The Hall–Kier alpha value is -2.00. The predicted molar refractivity (Wildman–Crippen MR) is 67.3 cm³/mol. The van der Waals surface area contributed by atoms with Crippen LogP contribution < -0.4 is 0 Å². The molecule has 1 aromatic rings. The number of halogens is 1. The van der Waals surface area contributed by atoms with Gasteiger partial charge in [-0.3, -0.25) is 10.1 Å². The molecule has 2 aliphatic heterocycles. The first kappa shape index (κ1) is 13.0. The minimum absolute atomic E-state index is 0.0707. The number of hydrogen-bond acceptors (Lipinski definition) is 4. The number of nitro benzene ring substituents is 1. The molecule has 0 saturated carbocycles. The Kier molecular flexibility index (Phi) is 2.94. The van der Waals surface area contributed by atoms with Crippen molar-refractivity contribution in [3.8, 4) is 6.07 Å². The number of rotatable bonds is 3. The van der Waals surface area contributed by atoms with Gasteiger partial charge in [-0.05, 0) is 31.2 Å². The summed E-state index contributed by atoms with van der Waals surface area (Å²) in [7, 11) is 0. The van der Waals surface area contributed by atoms with Gasteiger partial charge >= 0.3 is 5.69 Å². The van der Waals surface area contributed by atoms with E-state index in [0.717, 1.165) is 18.9 Å². The highest BCUT2D eigenvalue weighted by Crippen LogP contribution is 2.49. The topological polar surface area (TPSA) is 76.2 Å². The van der Waals surface area contributed by atoms with E-state index in [9.17, 15) is 19.8 Å². The highest BCUT2D eigenvalue weighted by Gasteiger charge is 2.53. The summed E-state index contributed by atoms with van der Waals surface area (Å²) in [6.07, 6.45) is 2.37. The second-order valence-electron chi connectivity index (χ2n) is 5.48. The maximum absolute atomic E-state index is 14.1. The summed E-state index contributed by atoms with van der Waals surface area (Å²) in [5.41, 5.74) is -1.07. The average molecular weight is 276 g/mol. The molecule has 0 amide bonds. The Morgan fingerprint density at radius 2 is 2.35 bits per heavy atom. The van der Waals surface area contributed by atoms with E-state index in [4.69, 9.17) is 4.74 Å². The van der Waals surface area contributed by atoms with Gasteiger partial charge in [-0.25, -0.2) is 0 Å². The Morgan fingerprint density at radius 1 is 1.55 bits per heavy atom. The summed E-state index contributed by atoms with van der Waals surface area (Å²) in [4.78, 5) is 10.0. The van der Waals surface area contributed by atoms with E-state index in [1.165, 1.54) is 12.1 Å². The van der Waals surface area contributed by atoms with Crippen LogP contribution in [0.15, 0.2) is 18.2 Å². The zero-order valence-electron chi connectivity index (χ0n) is 10.7. The quantitative estimate of drug-likeness (QED) is 0.628. The third-order valence-electron chi connectivity index (χ3n) is 4.30. The van der Waals surface area contributed by atoms with Gasteiger partial charge in [0.15, 0.2) is 0 Å². The Balaban J connectivity index is 1.94. The first-order valence-corrected chi connectivity index (χ1v) is 6.54. The molecule has 3 atom stereocenters. The second-order valence-corrected chi connectivity index (χ2v) is 5.48. The van der Waals surface area contributed by atoms with Crippen molar-refractivity contribution in [2.75, 3.05) is 0 Å². The molecule has 1 aromatic carbocycles. The third-order valence-corrected chi connectivity index (χ3v) is 4.30. The molecule has 3 rings (SSSR count). The van der Waals surface area contributed by atoms with Gasteiger partial charge in [0.25, 0.3) is 0 Å². The molecule has 2 heterocycles. The van der Waals surface area contributed by atoms with Gasteiger partial charge in [-0.2, -0.15) is 9.65 Å². The Labute approximate surface area is 115 Å². The molecule has 0 aromatic heterocycles. The van der Waals surface area contributed by atoms with E-state index in [2.05, 4.69) is 6.07 Å². The average Bonchev–Trinajstić information content (AvgIpc) is 3.01. The molecular weight excluding hydrogens is 263 g/mol. The number of ether oxygens (including phenoxy) is 1. The van der Waals surface area contributed by atoms with Crippen molar-refractivity contribution in [3.63, 3.8) is 0 Å². The van der Waals surface area contributed by atoms with Crippen LogP contribution in [0.5, 0.6) is 0 Å². The standard InChI is InChI=1S/C14H13FN2O3/c15-13-9(2-1-3-11(13)17(18)19)6-14(8-16)7-10-4-5-12(14)20-10/h1-3,10,12H,4-7H2. The highest BCUT2D eigenvalue weighted by molar-refractivity contribution is 5.38. The normalized spacial score (nSPS) is 31.2. The SMILES string of the molecule is N#CC1(Cc2cccc([N+](=O)[O-])c2F)CC2CCC1O2. The Bertz CT molecular complexity index is 613. The zero-order chi connectivity index (χ0) is 14.3. The van der Waals surface area contributed by atoms with E-state index in [1.54, 1.807) is 0 Å². The number of fused-ring (bicyclic) bond motifs is 2. The molecule has 0 spiro atoms. The van der Waals surface area contributed by atoms with Gasteiger partial charge in [-0.1, -0.05) is 12.1 Å². The maximum Gasteiger partial charge on any atom is 0.305 e. The van der Waals surface area contributed by atoms with E-state index in [0.29, 0.717) is 6.42 Å². The van der Waals surface area contributed by atoms with Crippen molar-refractivity contribution < 1.29 is 14.1 Å². The van der Waals surface area contributed by atoms with Crippen molar-refractivity contribution in [3.05, 3.63) is 39.7 Å². The Morgan fingerprint density at radius 3 is 2.90 bits per heavy atom. The van der Waals surface area contributed by atoms with Gasteiger partial charge in [0.2, 0.25) is 5.82 Å². The van der Waals surface area contributed by atoms with E-state index in [-0.39, 0.29) is 24.2 Å². The van der Waals surface area contributed by atoms with Gasteiger partial charge in [0, 0.05) is 6.07 Å². The molecule has 20 heavy (non-hydrogen) atoms. The van der Waals surface area contributed by atoms with Crippen LogP contribution in [0.3, 0.4) is 0 Å². The fourth-order valence-corrected chi connectivity index (χ4v) is 3.33. The van der Waals surface area contributed by atoms with E-state index >= 15 is 0 Å². The summed E-state index contributed by atoms with van der Waals surface area (Å²) in [5.74, 6) is -0.838. The number of benzene rings is 1. The molecule has 0 radical (unpaired) electrons. The molecule has 104 valence electrons. The van der Waals surface area contributed by atoms with Gasteiger partial charge in [0.1, 0.15) is 0 Å². The monoisotopic (exact) mass is 276 g/mol. The van der Waals surface area contributed by atoms with Crippen LogP contribution in [-0.4, -0.2) is 17.1 Å². The second kappa shape index (κ2) is 4.53. The van der Waals surface area contributed by atoms with Crippen LogP contribution in [0, 0.1) is 32.7 Å². The molecule has 2 bridgehead atoms. The van der Waals surface area contributed by atoms with E-state index < -0.39 is 21.8 Å². The molecule has 6 heteroatoms. The van der Waals surface area contributed by atoms with Crippen molar-refractivity contribution >= 4 is 5.69 Å². The molecule has 2 fully saturated rings. The van der Waals surface area contributed by atoms with Crippen LogP contribution in [0.4, 0.5) is 10.1 Å².